The molecule has 0 bridgehead atoms. The first-order valence-electron chi connectivity index (χ1n) is 8.22. The molecule has 0 fully saturated rings. The third-order valence-corrected chi connectivity index (χ3v) is 6.54. The fraction of sp³-hybridized carbons (Fsp3) is 0.647. The average molecular weight is 353 g/mol. The Morgan fingerprint density at radius 1 is 1.48 bits per heavy atom. The summed E-state index contributed by atoms with van der Waals surface area (Å²) in [5.41, 5.74) is 2.88. The third kappa shape index (κ3) is 5.59. The normalized spacial score (nSPS) is 16.4. The zero-order valence-corrected chi connectivity index (χ0v) is 15.2. The van der Waals surface area contributed by atoms with E-state index in [1.807, 2.05) is 6.07 Å². The summed E-state index contributed by atoms with van der Waals surface area (Å²) in [6.45, 7) is 2.06. The summed E-state index contributed by atoms with van der Waals surface area (Å²) in [5.74, 6) is 1.39. The van der Waals surface area contributed by atoms with Crippen molar-refractivity contribution in [3.63, 3.8) is 0 Å². The van der Waals surface area contributed by atoms with Crippen LogP contribution in [-0.2, 0) is 23.6 Å². The van der Waals surface area contributed by atoms with Gasteiger partial charge < -0.3 is 5.11 Å². The first-order valence-corrected chi connectivity index (χ1v) is 10.7. The fourth-order valence-corrected chi connectivity index (χ4v) is 5.01. The molecule has 2 atom stereocenters. The van der Waals surface area contributed by atoms with E-state index in [2.05, 4.69) is 18.0 Å². The Labute approximate surface area is 145 Å². The molecular formula is C17H24N2O2S2. The summed E-state index contributed by atoms with van der Waals surface area (Å²) in [4.78, 5) is 4.64. The van der Waals surface area contributed by atoms with Crippen LogP contribution in [-0.4, -0.2) is 37.7 Å². The van der Waals surface area contributed by atoms with E-state index in [4.69, 9.17) is 0 Å². The van der Waals surface area contributed by atoms with Crippen LogP contribution in [0.4, 0.5) is 0 Å². The van der Waals surface area contributed by atoms with Crippen LogP contribution in [0.15, 0.2) is 11.1 Å². The Hall–Kier alpha value is -0.900. The molecule has 0 radical (unpaired) electrons. The minimum atomic E-state index is -0.966. The lowest BCUT2D eigenvalue weighted by atomic mass is 9.95. The molecule has 4 nitrogen and oxygen atoms in total. The lowest BCUT2D eigenvalue weighted by molar-refractivity contribution is 0.224. The number of hydrogen-bond donors (Lipinski definition) is 1. The number of rotatable bonds is 8. The van der Waals surface area contributed by atoms with Crippen molar-refractivity contribution < 1.29 is 9.32 Å². The third-order valence-electron chi connectivity index (χ3n) is 3.90. The zero-order valence-electron chi connectivity index (χ0n) is 13.6. The average Bonchev–Trinajstić information content (AvgIpc) is 2.57. The number of aliphatic hydroxyl groups excluding tert-OH is 1. The number of hydrogen-bond acceptors (Lipinski definition) is 5. The van der Waals surface area contributed by atoms with Crippen LogP contribution in [0, 0.1) is 11.3 Å². The van der Waals surface area contributed by atoms with E-state index in [1.165, 1.54) is 17.3 Å². The Kier molecular flexibility index (Phi) is 7.54. The molecular weight excluding hydrogens is 328 g/mol. The molecule has 6 heteroatoms. The molecule has 1 N–H and O–H groups in total. The van der Waals surface area contributed by atoms with Gasteiger partial charge >= 0.3 is 0 Å². The molecule has 0 spiro atoms. The van der Waals surface area contributed by atoms with E-state index in [0.29, 0.717) is 27.8 Å². The minimum absolute atomic E-state index is 0.305. The Morgan fingerprint density at radius 3 is 3.00 bits per heavy atom. The van der Waals surface area contributed by atoms with Crippen molar-refractivity contribution in [3.8, 4) is 6.07 Å². The van der Waals surface area contributed by atoms with Gasteiger partial charge in [0, 0.05) is 28.0 Å². The highest BCUT2D eigenvalue weighted by atomic mass is 32.2. The number of pyridine rings is 1. The number of aliphatic hydroxyl groups is 1. The summed E-state index contributed by atoms with van der Waals surface area (Å²) in [6, 6.07) is 4.17. The van der Waals surface area contributed by atoms with Gasteiger partial charge in [-0.1, -0.05) is 13.3 Å². The second-order valence-electron chi connectivity index (χ2n) is 5.89. The maximum Gasteiger partial charge on any atom is 0.114 e. The monoisotopic (exact) mass is 352 g/mol. The fourth-order valence-electron chi connectivity index (χ4n) is 2.63. The Morgan fingerprint density at radius 2 is 2.26 bits per heavy atom. The van der Waals surface area contributed by atoms with Gasteiger partial charge in [-0.05, 0) is 43.7 Å². The molecule has 0 saturated heterocycles. The van der Waals surface area contributed by atoms with Gasteiger partial charge in [0.2, 0.25) is 0 Å². The number of aromatic nitrogens is 1. The quantitative estimate of drug-likeness (QED) is 0.728. The summed E-state index contributed by atoms with van der Waals surface area (Å²) < 4.78 is 11.8. The standard InChI is InChI=1S/C17H24N2O2S2/c1-2-3-8-23(21)12-15(20)11-22-17-14(10-18)9-13-6-4-5-7-16(13)19-17/h9,15,20H,2-8,11-12H2,1H3. The number of nitriles is 1. The van der Waals surface area contributed by atoms with Crippen molar-refractivity contribution in [1.29, 1.82) is 5.26 Å². The number of nitrogens with zero attached hydrogens (tertiary/aromatic N) is 2. The van der Waals surface area contributed by atoms with E-state index < -0.39 is 16.9 Å². The molecule has 1 aliphatic carbocycles. The summed E-state index contributed by atoms with van der Waals surface area (Å²) >= 11 is 1.40. The molecule has 23 heavy (non-hydrogen) atoms. The predicted octanol–water partition coefficient (Wildman–Crippen LogP) is 2.83. The van der Waals surface area contributed by atoms with Gasteiger partial charge in [0.05, 0.1) is 17.4 Å². The number of aryl methyl sites for hydroxylation is 2. The molecule has 0 aromatic carbocycles. The van der Waals surface area contributed by atoms with Crippen LogP contribution in [0.25, 0.3) is 0 Å². The van der Waals surface area contributed by atoms with Crippen LogP contribution >= 0.6 is 11.8 Å². The van der Waals surface area contributed by atoms with E-state index in [9.17, 15) is 14.6 Å². The summed E-state index contributed by atoms with van der Waals surface area (Å²) in [7, 11) is -0.966. The summed E-state index contributed by atoms with van der Waals surface area (Å²) in [5, 5.41) is 20.1. The highest BCUT2D eigenvalue weighted by Crippen LogP contribution is 2.27. The first-order chi connectivity index (χ1) is 11.1. The smallest absolute Gasteiger partial charge is 0.114 e. The molecule has 1 aromatic heterocycles. The van der Waals surface area contributed by atoms with Gasteiger partial charge in [-0.25, -0.2) is 4.98 Å². The van der Waals surface area contributed by atoms with Crippen LogP contribution in [0.1, 0.15) is 49.4 Å². The van der Waals surface area contributed by atoms with Gasteiger partial charge in [0.1, 0.15) is 11.1 Å². The van der Waals surface area contributed by atoms with Crippen LogP contribution < -0.4 is 0 Å². The molecule has 1 aromatic rings. The van der Waals surface area contributed by atoms with Crippen molar-refractivity contribution in [2.24, 2.45) is 0 Å². The zero-order chi connectivity index (χ0) is 16.7. The van der Waals surface area contributed by atoms with Crippen LogP contribution in [0.2, 0.25) is 0 Å². The lowest BCUT2D eigenvalue weighted by Crippen LogP contribution is -2.21. The molecule has 0 aliphatic heterocycles. The summed E-state index contributed by atoms with van der Waals surface area (Å²) in [6.07, 6.45) is 5.60. The van der Waals surface area contributed by atoms with Crippen molar-refractivity contribution in [2.45, 2.75) is 56.6 Å². The predicted molar refractivity (Wildman–Crippen MR) is 95.1 cm³/mol. The first kappa shape index (κ1) is 18.4. The molecule has 2 rings (SSSR count). The lowest BCUT2D eigenvalue weighted by Gasteiger charge is -2.17. The maximum atomic E-state index is 11.8. The highest BCUT2D eigenvalue weighted by Gasteiger charge is 2.17. The minimum Gasteiger partial charge on any atom is -0.391 e. The van der Waals surface area contributed by atoms with Crippen molar-refractivity contribution in [3.05, 3.63) is 22.9 Å². The van der Waals surface area contributed by atoms with Crippen molar-refractivity contribution >= 4 is 22.6 Å². The van der Waals surface area contributed by atoms with Gasteiger partial charge in [-0.15, -0.1) is 11.8 Å². The SMILES string of the molecule is CCCCS(=O)CC(O)CSc1nc2c(cc1C#N)CCCC2. The van der Waals surface area contributed by atoms with Crippen molar-refractivity contribution in [2.75, 3.05) is 17.3 Å². The topological polar surface area (TPSA) is 74.0 Å². The van der Waals surface area contributed by atoms with E-state index in [-0.39, 0.29) is 0 Å². The number of fused-ring (bicyclic) bond motifs is 1. The van der Waals surface area contributed by atoms with Gasteiger partial charge in [-0.2, -0.15) is 5.26 Å². The molecule has 1 heterocycles. The second kappa shape index (κ2) is 9.41. The highest BCUT2D eigenvalue weighted by molar-refractivity contribution is 7.99. The van der Waals surface area contributed by atoms with E-state index in [1.54, 1.807) is 0 Å². The Bertz CT molecular complexity index is 599. The molecule has 0 amide bonds. The number of thioether (sulfide) groups is 1. The van der Waals surface area contributed by atoms with E-state index >= 15 is 0 Å². The second-order valence-corrected chi connectivity index (χ2v) is 8.52. The molecule has 1 aliphatic rings. The molecule has 0 saturated carbocycles. The van der Waals surface area contributed by atoms with Gasteiger partial charge in [-0.3, -0.25) is 4.21 Å². The molecule has 2 unspecified atom stereocenters. The molecule has 126 valence electrons. The number of unbranched alkanes of at least 4 members (excludes halogenated alkanes) is 1. The van der Waals surface area contributed by atoms with Crippen LogP contribution in [0.5, 0.6) is 0 Å². The maximum absolute atomic E-state index is 11.8. The van der Waals surface area contributed by atoms with Crippen molar-refractivity contribution in [1.82, 2.24) is 4.98 Å². The largest absolute Gasteiger partial charge is 0.391 e. The Balaban J connectivity index is 1.94. The van der Waals surface area contributed by atoms with Gasteiger partial charge in [0.15, 0.2) is 0 Å². The van der Waals surface area contributed by atoms with Gasteiger partial charge in [0.25, 0.3) is 0 Å². The van der Waals surface area contributed by atoms with E-state index in [0.717, 1.165) is 44.2 Å². The van der Waals surface area contributed by atoms with Crippen LogP contribution in [0.3, 0.4) is 0 Å².